The van der Waals surface area contributed by atoms with Gasteiger partial charge in [0.25, 0.3) is 0 Å². The minimum absolute atomic E-state index is 0.753. The van der Waals surface area contributed by atoms with Gasteiger partial charge in [0.1, 0.15) is 0 Å². The highest BCUT2D eigenvalue weighted by atomic mass is 35.5. The Labute approximate surface area is 123 Å². The summed E-state index contributed by atoms with van der Waals surface area (Å²) in [5.74, 6) is 0. The van der Waals surface area contributed by atoms with Crippen LogP contribution >= 0.6 is 22.9 Å². The number of rotatable bonds is 6. The second kappa shape index (κ2) is 6.89. The number of hydrogen-bond donors (Lipinski definition) is 2. The molecule has 0 bridgehead atoms. The molecule has 1 heterocycles. The van der Waals surface area contributed by atoms with Gasteiger partial charge in [0.15, 0.2) is 5.13 Å². The van der Waals surface area contributed by atoms with Gasteiger partial charge in [-0.3, -0.25) is 0 Å². The van der Waals surface area contributed by atoms with Crippen molar-refractivity contribution in [1.82, 2.24) is 4.98 Å². The summed E-state index contributed by atoms with van der Waals surface area (Å²) < 4.78 is 0. The number of anilines is 1. The van der Waals surface area contributed by atoms with Gasteiger partial charge in [-0.15, -0.1) is 11.3 Å². The van der Waals surface area contributed by atoms with Crippen molar-refractivity contribution < 1.29 is 4.90 Å². The molecule has 5 heteroatoms. The summed E-state index contributed by atoms with van der Waals surface area (Å²) in [7, 11) is 4.34. The van der Waals surface area contributed by atoms with E-state index in [1.54, 1.807) is 11.3 Å². The van der Waals surface area contributed by atoms with Crippen molar-refractivity contribution in [1.29, 1.82) is 0 Å². The summed E-state index contributed by atoms with van der Waals surface area (Å²) in [5, 5.41) is 7.18. The number of benzene rings is 1. The van der Waals surface area contributed by atoms with Crippen LogP contribution in [0, 0.1) is 0 Å². The quantitative estimate of drug-likeness (QED) is 0.802. The molecule has 0 atom stereocenters. The smallest absolute Gasteiger partial charge is 0.183 e. The van der Waals surface area contributed by atoms with Gasteiger partial charge in [-0.2, -0.15) is 0 Å². The molecule has 2 N–H and O–H groups in total. The molecule has 0 saturated carbocycles. The van der Waals surface area contributed by atoms with E-state index in [9.17, 15) is 0 Å². The van der Waals surface area contributed by atoms with Crippen LogP contribution in [0.1, 0.15) is 6.42 Å². The largest absolute Gasteiger partial charge is 0.361 e. The van der Waals surface area contributed by atoms with Crippen molar-refractivity contribution in [3.05, 3.63) is 34.7 Å². The fourth-order valence-corrected chi connectivity index (χ4v) is 2.62. The highest BCUT2D eigenvalue weighted by Crippen LogP contribution is 2.25. The van der Waals surface area contributed by atoms with E-state index >= 15 is 0 Å². The number of halogens is 1. The van der Waals surface area contributed by atoms with Crippen molar-refractivity contribution in [3.63, 3.8) is 0 Å². The maximum atomic E-state index is 5.88. The third-order valence-corrected chi connectivity index (χ3v) is 3.83. The fraction of sp³-hybridized carbons (Fsp3) is 0.357. The third kappa shape index (κ3) is 4.49. The molecule has 1 aromatic carbocycles. The maximum Gasteiger partial charge on any atom is 0.183 e. The van der Waals surface area contributed by atoms with Crippen LogP contribution in [0.5, 0.6) is 0 Å². The molecule has 0 fully saturated rings. The SMILES string of the molecule is C[NH+](C)CCCNc1nc(-c2ccc(Cl)cc2)cs1. The van der Waals surface area contributed by atoms with Gasteiger partial charge in [-0.25, -0.2) is 4.98 Å². The molecule has 0 saturated heterocycles. The average Bonchev–Trinajstić information content (AvgIpc) is 2.84. The Balaban J connectivity index is 1.90. The Morgan fingerprint density at radius 3 is 2.68 bits per heavy atom. The van der Waals surface area contributed by atoms with Crippen LogP contribution in [0.4, 0.5) is 5.13 Å². The zero-order valence-electron chi connectivity index (χ0n) is 11.2. The molecule has 102 valence electrons. The molecule has 0 aliphatic carbocycles. The number of quaternary nitrogens is 1. The van der Waals surface area contributed by atoms with Gasteiger partial charge >= 0.3 is 0 Å². The highest BCUT2D eigenvalue weighted by Gasteiger charge is 2.04. The van der Waals surface area contributed by atoms with Crippen LogP contribution in [0.2, 0.25) is 5.02 Å². The van der Waals surface area contributed by atoms with E-state index in [-0.39, 0.29) is 0 Å². The summed E-state index contributed by atoms with van der Waals surface area (Å²) in [6, 6.07) is 7.78. The van der Waals surface area contributed by atoms with Crippen LogP contribution in [0.3, 0.4) is 0 Å². The van der Waals surface area contributed by atoms with Crippen molar-refractivity contribution in [2.45, 2.75) is 6.42 Å². The minimum Gasteiger partial charge on any atom is -0.361 e. The molecular weight excluding hydrogens is 278 g/mol. The third-order valence-electron chi connectivity index (χ3n) is 2.77. The maximum absolute atomic E-state index is 5.88. The first kappa shape index (κ1) is 14.3. The first-order valence-corrected chi connectivity index (χ1v) is 7.65. The lowest BCUT2D eigenvalue weighted by atomic mass is 10.2. The molecule has 19 heavy (non-hydrogen) atoms. The summed E-state index contributed by atoms with van der Waals surface area (Å²) in [5.41, 5.74) is 2.11. The molecule has 1 aromatic heterocycles. The van der Waals surface area contributed by atoms with Gasteiger partial charge in [0.05, 0.1) is 26.3 Å². The van der Waals surface area contributed by atoms with Crippen molar-refractivity contribution >= 4 is 28.1 Å². The highest BCUT2D eigenvalue weighted by molar-refractivity contribution is 7.14. The second-order valence-corrected chi connectivity index (χ2v) is 6.08. The van der Waals surface area contributed by atoms with E-state index in [1.165, 1.54) is 11.4 Å². The monoisotopic (exact) mass is 296 g/mol. The minimum atomic E-state index is 0.753. The molecular formula is C14H19ClN3S+. The molecule has 0 amide bonds. The van der Waals surface area contributed by atoms with Crippen LogP contribution in [0.25, 0.3) is 11.3 Å². The van der Waals surface area contributed by atoms with E-state index in [0.29, 0.717) is 0 Å². The van der Waals surface area contributed by atoms with Gasteiger partial charge < -0.3 is 10.2 Å². The lowest BCUT2D eigenvalue weighted by Gasteiger charge is -2.06. The second-order valence-electron chi connectivity index (χ2n) is 4.78. The average molecular weight is 297 g/mol. The molecule has 0 aliphatic rings. The zero-order chi connectivity index (χ0) is 13.7. The van der Waals surface area contributed by atoms with E-state index < -0.39 is 0 Å². The van der Waals surface area contributed by atoms with Gasteiger partial charge in [0.2, 0.25) is 0 Å². The molecule has 2 rings (SSSR count). The van der Waals surface area contributed by atoms with E-state index in [2.05, 4.69) is 29.8 Å². The van der Waals surface area contributed by atoms with E-state index in [4.69, 9.17) is 11.6 Å². The lowest BCUT2D eigenvalue weighted by molar-refractivity contribution is -0.858. The van der Waals surface area contributed by atoms with Crippen molar-refractivity contribution in [3.8, 4) is 11.3 Å². The lowest BCUT2D eigenvalue weighted by Crippen LogP contribution is -3.05. The summed E-state index contributed by atoms with van der Waals surface area (Å²) in [6.07, 6.45) is 1.15. The Bertz CT molecular complexity index is 508. The van der Waals surface area contributed by atoms with E-state index in [0.717, 1.165) is 34.4 Å². The van der Waals surface area contributed by atoms with Crippen LogP contribution in [0.15, 0.2) is 29.6 Å². The van der Waals surface area contributed by atoms with Gasteiger partial charge in [-0.1, -0.05) is 23.7 Å². The molecule has 0 unspecified atom stereocenters. The zero-order valence-corrected chi connectivity index (χ0v) is 12.8. The Hall–Kier alpha value is -1.10. The molecule has 0 aliphatic heterocycles. The fourth-order valence-electron chi connectivity index (χ4n) is 1.75. The summed E-state index contributed by atoms with van der Waals surface area (Å²) >= 11 is 7.53. The van der Waals surface area contributed by atoms with Crippen LogP contribution < -0.4 is 10.2 Å². The topological polar surface area (TPSA) is 29.4 Å². The number of aromatic nitrogens is 1. The first-order valence-electron chi connectivity index (χ1n) is 6.39. The van der Waals surface area contributed by atoms with Crippen LogP contribution in [-0.2, 0) is 0 Å². The van der Waals surface area contributed by atoms with E-state index in [1.807, 2.05) is 24.3 Å². The number of nitrogens with zero attached hydrogens (tertiary/aromatic N) is 1. The Morgan fingerprint density at radius 1 is 1.26 bits per heavy atom. The van der Waals surface area contributed by atoms with Crippen molar-refractivity contribution in [2.75, 3.05) is 32.5 Å². The Kier molecular flexibility index (Phi) is 5.19. The number of hydrogen-bond acceptors (Lipinski definition) is 3. The number of thiazole rings is 1. The molecule has 2 aromatic rings. The predicted molar refractivity (Wildman–Crippen MR) is 83.3 cm³/mol. The molecule has 0 radical (unpaired) electrons. The molecule has 3 nitrogen and oxygen atoms in total. The van der Waals surface area contributed by atoms with Gasteiger partial charge in [0, 0.05) is 28.9 Å². The summed E-state index contributed by atoms with van der Waals surface area (Å²) in [4.78, 5) is 6.06. The van der Waals surface area contributed by atoms with Gasteiger partial charge in [-0.05, 0) is 12.1 Å². The number of nitrogens with one attached hydrogen (secondary N) is 2. The normalized spacial score (nSPS) is 10.9. The summed E-state index contributed by atoms with van der Waals surface area (Å²) in [6.45, 7) is 2.14. The van der Waals surface area contributed by atoms with Crippen molar-refractivity contribution in [2.24, 2.45) is 0 Å². The van der Waals surface area contributed by atoms with Crippen LogP contribution in [-0.4, -0.2) is 32.2 Å². The first-order chi connectivity index (χ1) is 9.15. The molecule has 0 spiro atoms. The standard InChI is InChI=1S/C14H18ClN3S/c1-18(2)9-3-8-16-14-17-13(10-19-14)11-4-6-12(15)7-5-11/h4-7,10H,3,8-9H2,1-2H3,(H,16,17)/p+1. The Morgan fingerprint density at radius 2 is 2.00 bits per heavy atom. The predicted octanol–water partition coefficient (Wildman–Crippen LogP) is 2.41.